The van der Waals surface area contributed by atoms with E-state index in [1.54, 1.807) is 0 Å². The van der Waals surface area contributed by atoms with Gasteiger partial charge in [-0.3, -0.25) is 19.6 Å². The van der Waals surface area contributed by atoms with E-state index in [0.717, 1.165) is 64.2 Å². The molecule has 0 atom stereocenters. The number of carbonyl (C=O) groups is 1. The van der Waals surface area contributed by atoms with Gasteiger partial charge in [-0.2, -0.15) is 0 Å². The Morgan fingerprint density at radius 1 is 1.04 bits per heavy atom. The van der Waals surface area contributed by atoms with Crippen molar-refractivity contribution in [3.8, 4) is 0 Å². The number of aromatic nitrogens is 1. The van der Waals surface area contributed by atoms with Crippen molar-refractivity contribution in [1.82, 2.24) is 14.8 Å². The summed E-state index contributed by atoms with van der Waals surface area (Å²) in [6.45, 7) is 8.43. The quantitative estimate of drug-likeness (QED) is 0.820. The number of aryl methyl sites for hydroxylation is 2. The summed E-state index contributed by atoms with van der Waals surface area (Å²) in [5, 5.41) is 0. The molecule has 2 aromatic rings. The Morgan fingerprint density at radius 3 is 2.75 bits per heavy atom. The smallest absolute Gasteiger partial charge is 0.241 e. The van der Waals surface area contributed by atoms with Gasteiger partial charge in [0.2, 0.25) is 5.91 Å². The van der Waals surface area contributed by atoms with Crippen molar-refractivity contribution in [2.75, 3.05) is 44.2 Å². The molecule has 0 radical (unpaired) electrons. The number of hydrogen-bond acceptors (Lipinski definition) is 4. The van der Waals surface area contributed by atoms with E-state index in [1.807, 2.05) is 23.4 Å². The van der Waals surface area contributed by atoms with E-state index in [1.165, 1.54) is 16.7 Å². The lowest BCUT2D eigenvalue weighted by molar-refractivity contribution is -0.119. The summed E-state index contributed by atoms with van der Waals surface area (Å²) < 4.78 is 0. The van der Waals surface area contributed by atoms with Gasteiger partial charge in [0, 0.05) is 44.3 Å². The highest BCUT2D eigenvalue weighted by atomic mass is 16.2. The third-order valence-corrected chi connectivity index (χ3v) is 5.82. The van der Waals surface area contributed by atoms with Crippen LogP contribution in [0, 0.1) is 6.92 Å². The molecule has 1 aromatic heterocycles. The van der Waals surface area contributed by atoms with Crippen LogP contribution < -0.4 is 4.90 Å². The average Bonchev–Trinajstić information content (AvgIpc) is 2.93. The predicted octanol–water partition coefficient (Wildman–Crippen LogP) is 2.88. The Morgan fingerprint density at radius 2 is 1.89 bits per heavy atom. The molecule has 5 heteroatoms. The molecule has 1 amide bonds. The van der Waals surface area contributed by atoms with E-state index in [0.29, 0.717) is 6.54 Å². The van der Waals surface area contributed by atoms with Crippen LogP contribution in [-0.4, -0.2) is 60.0 Å². The highest BCUT2D eigenvalue weighted by Crippen LogP contribution is 2.28. The summed E-state index contributed by atoms with van der Waals surface area (Å²) in [6, 6.07) is 10.6. The monoisotopic (exact) mass is 378 g/mol. The molecule has 4 rings (SSSR count). The summed E-state index contributed by atoms with van der Waals surface area (Å²) in [5.41, 5.74) is 4.97. The Bertz CT molecular complexity index is 808. The number of carbonyl (C=O) groups excluding carboxylic acids is 1. The Hall–Kier alpha value is -2.24. The summed E-state index contributed by atoms with van der Waals surface area (Å²) in [6.07, 6.45) is 7.00. The molecule has 0 N–H and O–H groups in total. The maximum absolute atomic E-state index is 13.1. The second-order valence-electron chi connectivity index (χ2n) is 8.05. The van der Waals surface area contributed by atoms with Gasteiger partial charge in [0.25, 0.3) is 0 Å². The van der Waals surface area contributed by atoms with Crippen LogP contribution in [0.4, 0.5) is 5.69 Å². The number of hydrogen-bond donors (Lipinski definition) is 0. The second kappa shape index (κ2) is 8.84. The van der Waals surface area contributed by atoms with E-state index < -0.39 is 0 Å². The maximum Gasteiger partial charge on any atom is 0.241 e. The zero-order chi connectivity index (χ0) is 19.3. The van der Waals surface area contributed by atoms with Crippen LogP contribution in [0.2, 0.25) is 0 Å². The van der Waals surface area contributed by atoms with Gasteiger partial charge < -0.3 is 4.90 Å². The van der Waals surface area contributed by atoms with Gasteiger partial charge in [-0.15, -0.1) is 0 Å². The first-order chi connectivity index (χ1) is 13.7. The molecule has 1 saturated heterocycles. The summed E-state index contributed by atoms with van der Waals surface area (Å²) in [7, 11) is 0. The fourth-order valence-corrected chi connectivity index (χ4v) is 4.35. The first-order valence-electron chi connectivity index (χ1n) is 10.4. The Labute approximate surface area is 168 Å². The SMILES string of the molecule is Cc1ccc2c(c1)CCCN2C(=O)CN1CCCN(Cc2cccnc2)CC1. The number of pyridine rings is 1. The van der Waals surface area contributed by atoms with Crippen LogP contribution in [0.25, 0.3) is 0 Å². The number of benzene rings is 1. The van der Waals surface area contributed by atoms with Crippen molar-refractivity contribution >= 4 is 11.6 Å². The van der Waals surface area contributed by atoms with Gasteiger partial charge >= 0.3 is 0 Å². The molecule has 0 unspecified atom stereocenters. The summed E-state index contributed by atoms with van der Waals surface area (Å²) in [5.74, 6) is 0.241. The zero-order valence-electron chi connectivity index (χ0n) is 16.8. The molecule has 1 aromatic carbocycles. The largest absolute Gasteiger partial charge is 0.311 e. The van der Waals surface area contributed by atoms with Gasteiger partial charge in [0.15, 0.2) is 0 Å². The molecule has 0 saturated carbocycles. The molecule has 0 spiro atoms. The van der Waals surface area contributed by atoms with Crippen molar-refractivity contribution in [2.45, 2.75) is 32.7 Å². The van der Waals surface area contributed by atoms with Crippen LogP contribution in [0.5, 0.6) is 0 Å². The van der Waals surface area contributed by atoms with E-state index in [4.69, 9.17) is 0 Å². The predicted molar refractivity (Wildman–Crippen MR) is 112 cm³/mol. The van der Waals surface area contributed by atoms with Gasteiger partial charge in [0.1, 0.15) is 0 Å². The third kappa shape index (κ3) is 4.59. The van der Waals surface area contributed by atoms with Crippen molar-refractivity contribution < 1.29 is 4.79 Å². The Balaban J connectivity index is 1.34. The van der Waals surface area contributed by atoms with Crippen molar-refractivity contribution in [3.63, 3.8) is 0 Å². The van der Waals surface area contributed by atoms with Crippen LogP contribution in [0.15, 0.2) is 42.7 Å². The minimum absolute atomic E-state index is 0.241. The van der Waals surface area contributed by atoms with Gasteiger partial charge in [-0.05, 0) is 62.5 Å². The van der Waals surface area contributed by atoms with E-state index in [9.17, 15) is 4.79 Å². The van der Waals surface area contributed by atoms with Crippen molar-refractivity contribution in [1.29, 1.82) is 0 Å². The molecule has 3 heterocycles. The number of amides is 1. The molecule has 5 nitrogen and oxygen atoms in total. The second-order valence-corrected chi connectivity index (χ2v) is 8.05. The van der Waals surface area contributed by atoms with Crippen LogP contribution >= 0.6 is 0 Å². The fraction of sp³-hybridized carbons (Fsp3) is 0.478. The molecule has 2 aliphatic heterocycles. The number of fused-ring (bicyclic) bond motifs is 1. The lowest BCUT2D eigenvalue weighted by Gasteiger charge is -2.31. The topological polar surface area (TPSA) is 39.7 Å². The third-order valence-electron chi connectivity index (χ3n) is 5.82. The lowest BCUT2D eigenvalue weighted by Crippen LogP contribution is -2.43. The summed E-state index contributed by atoms with van der Waals surface area (Å²) in [4.78, 5) is 24.1. The van der Waals surface area contributed by atoms with Crippen molar-refractivity contribution in [3.05, 3.63) is 59.4 Å². The fourth-order valence-electron chi connectivity index (χ4n) is 4.35. The standard InChI is InChI=1S/C23H30N4O/c1-19-7-8-22-21(15-19)6-3-12-27(22)23(28)18-26-11-4-10-25(13-14-26)17-20-5-2-9-24-16-20/h2,5,7-9,15-16H,3-4,6,10-14,17-18H2,1H3. The van der Waals surface area contributed by atoms with Crippen molar-refractivity contribution in [2.24, 2.45) is 0 Å². The van der Waals surface area contributed by atoms with E-state index in [-0.39, 0.29) is 5.91 Å². The molecule has 28 heavy (non-hydrogen) atoms. The van der Waals surface area contributed by atoms with E-state index >= 15 is 0 Å². The highest BCUT2D eigenvalue weighted by Gasteiger charge is 2.25. The van der Waals surface area contributed by atoms with Crippen LogP contribution in [0.1, 0.15) is 29.5 Å². The number of nitrogens with zero attached hydrogens (tertiary/aromatic N) is 4. The van der Waals surface area contributed by atoms with Gasteiger partial charge in [-0.1, -0.05) is 23.8 Å². The van der Waals surface area contributed by atoms with Gasteiger partial charge in [-0.25, -0.2) is 0 Å². The average molecular weight is 379 g/mol. The highest BCUT2D eigenvalue weighted by molar-refractivity contribution is 5.96. The van der Waals surface area contributed by atoms with Crippen LogP contribution in [0.3, 0.4) is 0 Å². The molecule has 2 aliphatic rings. The molecule has 1 fully saturated rings. The lowest BCUT2D eigenvalue weighted by atomic mass is 9.99. The molecule has 0 bridgehead atoms. The van der Waals surface area contributed by atoms with E-state index in [2.05, 4.69) is 46.0 Å². The number of anilines is 1. The Kier molecular flexibility index (Phi) is 6.03. The first kappa shape index (κ1) is 19.1. The van der Waals surface area contributed by atoms with Crippen LogP contribution in [-0.2, 0) is 17.8 Å². The molecular formula is C23H30N4O. The molecule has 0 aliphatic carbocycles. The minimum atomic E-state index is 0.241. The maximum atomic E-state index is 13.1. The minimum Gasteiger partial charge on any atom is -0.311 e. The first-order valence-corrected chi connectivity index (χ1v) is 10.4. The molecule has 148 valence electrons. The zero-order valence-corrected chi connectivity index (χ0v) is 16.8. The normalized spacial score (nSPS) is 18.5. The molecular weight excluding hydrogens is 348 g/mol. The van der Waals surface area contributed by atoms with Gasteiger partial charge in [0.05, 0.1) is 6.54 Å². The number of rotatable bonds is 4. The summed E-state index contributed by atoms with van der Waals surface area (Å²) >= 11 is 0.